The summed E-state index contributed by atoms with van der Waals surface area (Å²) in [5, 5.41) is 18.3. The molecule has 0 amide bonds. The summed E-state index contributed by atoms with van der Waals surface area (Å²) in [4.78, 5) is 1.87. The minimum atomic E-state index is -0.473. The highest BCUT2D eigenvalue weighted by atomic mass is 16.5. The van der Waals surface area contributed by atoms with E-state index in [1.54, 1.807) is 14.0 Å². The highest BCUT2D eigenvalue weighted by molar-refractivity contribution is 4.62. The maximum atomic E-state index is 9.28. The van der Waals surface area contributed by atoms with Gasteiger partial charge in [-0.15, -0.1) is 0 Å². The van der Waals surface area contributed by atoms with E-state index < -0.39 is 6.10 Å². The average molecular weight is 177 g/mol. The van der Waals surface area contributed by atoms with Gasteiger partial charge in [-0.2, -0.15) is 0 Å². The number of rotatable bonds is 6. The van der Waals surface area contributed by atoms with Gasteiger partial charge in [-0.1, -0.05) is 0 Å². The molecule has 0 aliphatic carbocycles. The third-order valence-electron chi connectivity index (χ3n) is 1.46. The van der Waals surface area contributed by atoms with E-state index >= 15 is 0 Å². The molecule has 0 rings (SSSR count). The third kappa shape index (κ3) is 6.54. The molecule has 0 aromatic rings. The maximum Gasteiger partial charge on any atom is 0.0899 e. The summed E-state index contributed by atoms with van der Waals surface area (Å²) in [6, 6.07) is 0. The molecule has 4 nitrogen and oxygen atoms in total. The average Bonchev–Trinajstić information content (AvgIpc) is 1.84. The molecule has 12 heavy (non-hydrogen) atoms. The number of aliphatic hydroxyl groups excluding tert-OH is 2. The molecule has 2 atom stereocenters. The van der Waals surface area contributed by atoms with Gasteiger partial charge >= 0.3 is 0 Å². The molecule has 0 aromatic carbocycles. The molecule has 0 bridgehead atoms. The van der Waals surface area contributed by atoms with E-state index in [-0.39, 0.29) is 6.10 Å². The molecule has 0 aromatic heterocycles. The van der Waals surface area contributed by atoms with Crippen LogP contribution in [0.5, 0.6) is 0 Å². The van der Waals surface area contributed by atoms with Gasteiger partial charge in [0.2, 0.25) is 0 Å². The Bertz CT molecular complexity index is 108. The van der Waals surface area contributed by atoms with E-state index in [0.29, 0.717) is 19.7 Å². The van der Waals surface area contributed by atoms with Crippen LogP contribution >= 0.6 is 0 Å². The van der Waals surface area contributed by atoms with Gasteiger partial charge in [-0.25, -0.2) is 0 Å². The van der Waals surface area contributed by atoms with Crippen molar-refractivity contribution in [2.24, 2.45) is 0 Å². The molecule has 4 heteroatoms. The smallest absolute Gasteiger partial charge is 0.0899 e. The van der Waals surface area contributed by atoms with Gasteiger partial charge < -0.3 is 19.8 Å². The van der Waals surface area contributed by atoms with Gasteiger partial charge in [-0.05, 0) is 14.0 Å². The number of hydrogen-bond acceptors (Lipinski definition) is 4. The molecule has 0 radical (unpaired) electrons. The highest BCUT2D eigenvalue weighted by Gasteiger charge is 2.08. The van der Waals surface area contributed by atoms with Crippen molar-refractivity contribution in [3.8, 4) is 0 Å². The summed E-state index contributed by atoms with van der Waals surface area (Å²) >= 11 is 0. The van der Waals surface area contributed by atoms with Crippen molar-refractivity contribution in [1.82, 2.24) is 4.90 Å². The second-order valence-electron chi connectivity index (χ2n) is 3.18. The predicted octanol–water partition coefficient (Wildman–Crippen LogP) is -0.694. The van der Waals surface area contributed by atoms with Crippen LogP contribution in [0.3, 0.4) is 0 Å². The van der Waals surface area contributed by atoms with E-state index in [0.717, 1.165) is 0 Å². The first-order valence-corrected chi connectivity index (χ1v) is 4.10. The summed E-state index contributed by atoms with van der Waals surface area (Å²) in [5.41, 5.74) is 0. The Labute approximate surface area is 73.8 Å². The van der Waals surface area contributed by atoms with Gasteiger partial charge in [0.25, 0.3) is 0 Å². The fourth-order valence-electron chi connectivity index (χ4n) is 1.13. The molecule has 0 saturated heterocycles. The molecule has 0 fully saturated rings. The van der Waals surface area contributed by atoms with Crippen LogP contribution in [-0.4, -0.2) is 61.2 Å². The van der Waals surface area contributed by atoms with Crippen LogP contribution in [-0.2, 0) is 4.74 Å². The van der Waals surface area contributed by atoms with Crippen molar-refractivity contribution in [2.75, 3.05) is 33.9 Å². The quantitative estimate of drug-likeness (QED) is 0.563. The Balaban J connectivity index is 3.46. The summed E-state index contributed by atoms with van der Waals surface area (Å²) in [7, 11) is 3.41. The van der Waals surface area contributed by atoms with Crippen molar-refractivity contribution in [3.63, 3.8) is 0 Å². The first-order valence-electron chi connectivity index (χ1n) is 4.10. The Morgan fingerprint density at radius 2 is 1.92 bits per heavy atom. The molecular formula is C8H19NO3. The van der Waals surface area contributed by atoms with Gasteiger partial charge in [0, 0.05) is 20.2 Å². The summed E-state index contributed by atoms with van der Waals surface area (Å²) in [6.45, 7) is 3.16. The SMILES string of the molecule is COCC(O)CN(C)C[C@H](C)O. The molecule has 0 heterocycles. The topological polar surface area (TPSA) is 52.9 Å². The van der Waals surface area contributed by atoms with Crippen LogP contribution in [0.25, 0.3) is 0 Å². The van der Waals surface area contributed by atoms with Crippen molar-refractivity contribution in [1.29, 1.82) is 0 Å². The first kappa shape index (κ1) is 11.8. The first-order chi connectivity index (χ1) is 5.56. The standard InChI is InChI=1S/C8H19NO3/c1-7(10)4-9(2)5-8(11)6-12-3/h7-8,10-11H,4-6H2,1-3H3/t7-,8?/m0/s1. The lowest BCUT2D eigenvalue weighted by Crippen LogP contribution is -2.35. The number of aliphatic hydroxyl groups is 2. The zero-order valence-electron chi connectivity index (χ0n) is 8.03. The number of nitrogens with zero attached hydrogens (tertiary/aromatic N) is 1. The normalized spacial score (nSPS) is 16.5. The number of hydrogen-bond donors (Lipinski definition) is 2. The molecule has 0 aliphatic heterocycles. The molecule has 2 N–H and O–H groups in total. The summed E-state index contributed by atoms with van der Waals surface area (Å²) in [5.74, 6) is 0. The molecule has 0 spiro atoms. The lowest BCUT2D eigenvalue weighted by molar-refractivity contribution is 0.0340. The van der Waals surface area contributed by atoms with Crippen LogP contribution in [0, 0.1) is 0 Å². The van der Waals surface area contributed by atoms with Gasteiger partial charge in [0.1, 0.15) is 0 Å². The molecule has 0 aliphatic rings. The van der Waals surface area contributed by atoms with Gasteiger partial charge in [0.05, 0.1) is 18.8 Å². The maximum absolute atomic E-state index is 9.28. The molecule has 74 valence electrons. The van der Waals surface area contributed by atoms with Crippen LogP contribution < -0.4 is 0 Å². The van der Waals surface area contributed by atoms with Crippen LogP contribution in [0.2, 0.25) is 0 Å². The van der Waals surface area contributed by atoms with Crippen LogP contribution in [0.15, 0.2) is 0 Å². The Morgan fingerprint density at radius 1 is 1.33 bits per heavy atom. The monoisotopic (exact) mass is 177 g/mol. The van der Waals surface area contributed by atoms with Crippen molar-refractivity contribution in [3.05, 3.63) is 0 Å². The summed E-state index contributed by atoms with van der Waals surface area (Å²) < 4.78 is 4.77. The Hall–Kier alpha value is -0.160. The lowest BCUT2D eigenvalue weighted by Gasteiger charge is -2.21. The minimum absolute atomic E-state index is 0.337. The number of methoxy groups -OCH3 is 1. The highest BCUT2D eigenvalue weighted by Crippen LogP contribution is 1.92. The molecular weight excluding hydrogens is 158 g/mol. The second-order valence-corrected chi connectivity index (χ2v) is 3.18. The fraction of sp³-hybridized carbons (Fsp3) is 1.00. The zero-order valence-corrected chi connectivity index (χ0v) is 8.03. The molecule has 0 saturated carbocycles. The van der Waals surface area contributed by atoms with Crippen LogP contribution in [0.1, 0.15) is 6.92 Å². The zero-order chi connectivity index (χ0) is 9.56. The van der Waals surface area contributed by atoms with E-state index in [9.17, 15) is 5.11 Å². The largest absolute Gasteiger partial charge is 0.392 e. The minimum Gasteiger partial charge on any atom is -0.392 e. The Kier molecular flexibility index (Phi) is 6.28. The van der Waals surface area contributed by atoms with E-state index in [1.807, 2.05) is 11.9 Å². The fourth-order valence-corrected chi connectivity index (χ4v) is 1.13. The number of ether oxygens (including phenoxy) is 1. The van der Waals surface area contributed by atoms with E-state index in [2.05, 4.69) is 0 Å². The van der Waals surface area contributed by atoms with E-state index in [1.165, 1.54) is 0 Å². The summed E-state index contributed by atoms with van der Waals surface area (Å²) in [6.07, 6.45) is -0.830. The second kappa shape index (κ2) is 6.37. The lowest BCUT2D eigenvalue weighted by atomic mass is 10.3. The Morgan fingerprint density at radius 3 is 2.33 bits per heavy atom. The van der Waals surface area contributed by atoms with Crippen molar-refractivity contribution < 1.29 is 14.9 Å². The van der Waals surface area contributed by atoms with Crippen LogP contribution in [0.4, 0.5) is 0 Å². The van der Waals surface area contributed by atoms with Gasteiger partial charge in [0.15, 0.2) is 0 Å². The third-order valence-corrected chi connectivity index (χ3v) is 1.46. The van der Waals surface area contributed by atoms with E-state index in [4.69, 9.17) is 9.84 Å². The van der Waals surface area contributed by atoms with Crippen molar-refractivity contribution >= 4 is 0 Å². The number of likely N-dealkylation sites (N-methyl/N-ethyl adjacent to an activating group) is 1. The molecule has 1 unspecified atom stereocenters. The van der Waals surface area contributed by atoms with Gasteiger partial charge in [-0.3, -0.25) is 0 Å². The van der Waals surface area contributed by atoms with Crippen molar-refractivity contribution in [2.45, 2.75) is 19.1 Å². The predicted molar refractivity (Wildman–Crippen MR) is 47.1 cm³/mol.